The Morgan fingerprint density at radius 1 is 1.31 bits per heavy atom. The molecule has 6 heteroatoms. The summed E-state index contributed by atoms with van der Waals surface area (Å²) in [5, 5.41) is 2.94. The van der Waals surface area contributed by atoms with Crippen molar-refractivity contribution in [1.82, 2.24) is 15.2 Å². The molecular formula is C20H27N3O3. The molecule has 2 heterocycles. The maximum atomic E-state index is 11.6. The Bertz CT molecular complexity index is 813. The average Bonchev–Trinajstić information content (AvgIpc) is 2.90. The van der Waals surface area contributed by atoms with Gasteiger partial charge in [0.05, 0.1) is 12.8 Å². The summed E-state index contributed by atoms with van der Waals surface area (Å²) in [6.07, 6.45) is 0.519. The zero-order chi connectivity index (χ0) is 18.8. The van der Waals surface area contributed by atoms with Crippen LogP contribution in [0.1, 0.15) is 35.9 Å². The molecule has 26 heavy (non-hydrogen) atoms. The van der Waals surface area contributed by atoms with Crippen LogP contribution in [0.25, 0.3) is 11.5 Å². The van der Waals surface area contributed by atoms with Gasteiger partial charge in [0.2, 0.25) is 11.8 Å². The molecule has 0 spiro atoms. The van der Waals surface area contributed by atoms with Crippen molar-refractivity contribution in [3.8, 4) is 17.2 Å². The van der Waals surface area contributed by atoms with E-state index < -0.39 is 0 Å². The van der Waals surface area contributed by atoms with Crippen LogP contribution in [-0.4, -0.2) is 42.0 Å². The van der Waals surface area contributed by atoms with Gasteiger partial charge >= 0.3 is 0 Å². The standard InChI is InChI=1S/C20H27N3O3/c1-12-10-21-19(24)8-9-23(12)11-17-15(4)26-20(22-17)16-6-7-18(25-5)14(3)13(16)2/h6-7,12H,8-11H2,1-5H3,(H,21,24)/t12-/m0/s1. The van der Waals surface area contributed by atoms with Crippen LogP contribution in [0.5, 0.6) is 5.75 Å². The van der Waals surface area contributed by atoms with E-state index in [9.17, 15) is 4.79 Å². The number of rotatable bonds is 4. The molecule has 1 amide bonds. The number of ether oxygens (including phenoxy) is 1. The number of oxazole rings is 1. The first-order valence-corrected chi connectivity index (χ1v) is 9.02. The van der Waals surface area contributed by atoms with E-state index >= 15 is 0 Å². The van der Waals surface area contributed by atoms with Gasteiger partial charge in [0.15, 0.2) is 0 Å². The fourth-order valence-electron chi connectivity index (χ4n) is 3.31. The first-order chi connectivity index (χ1) is 12.4. The van der Waals surface area contributed by atoms with Gasteiger partial charge in [-0.3, -0.25) is 9.69 Å². The van der Waals surface area contributed by atoms with Crippen molar-refractivity contribution in [3.05, 3.63) is 34.7 Å². The largest absolute Gasteiger partial charge is 0.496 e. The summed E-state index contributed by atoms with van der Waals surface area (Å²) in [5.74, 6) is 2.44. The molecule has 0 saturated carbocycles. The molecule has 140 valence electrons. The summed E-state index contributed by atoms with van der Waals surface area (Å²) in [7, 11) is 1.68. The van der Waals surface area contributed by atoms with E-state index in [4.69, 9.17) is 14.1 Å². The van der Waals surface area contributed by atoms with Crippen LogP contribution in [0.2, 0.25) is 0 Å². The van der Waals surface area contributed by atoms with Crippen LogP contribution in [-0.2, 0) is 11.3 Å². The molecule has 0 aliphatic carbocycles. The van der Waals surface area contributed by atoms with Gasteiger partial charge in [-0.1, -0.05) is 0 Å². The Morgan fingerprint density at radius 3 is 2.81 bits per heavy atom. The third kappa shape index (κ3) is 3.60. The Labute approximate surface area is 154 Å². The number of aromatic nitrogens is 1. The lowest BCUT2D eigenvalue weighted by molar-refractivity contribution is -0.120. The van der Waals surface area contributed by atoms with Gasteiger partial charge in [0, 0.05) is 37.7 Å². The molecule has 1 saturated heterocycles. The Kier molecular flexibility index (Phi) is 5.32. The van der Waals surface area contributed by atoms with Crippen molar-refractivity contribution in [2.45, 2.75) is 46.7 Å². The maximum Gasteiger partial charge on any atom is 0.226 e. The molecule has 1 aromatic heterocycles. The molecule has 3 rings (SSSR count). The minimum atomic E-state index is 0.112. The van der Waals surface area contributed by atoms with Crippen molar-refractivity contribution in [2.75, 3.05) is 20.2 Å². The predicted molar refractivity (Wildman–Crippen MR) is 100 cm³/mol. The van der Waals surface area contributed by atoms with E-state index in [0.29, 0.717) is 25.4 Å². The van der Waals surface area contributed by atoms with Gasteiger partial charge in [-0.15, -0.1) is 0 Å². The van der Waals surface area contributed by atoms with E-state index in [-0.39, 0.29) is 11.9 Å². The highest BCUT2D eigenvalue weighted by Crippen LogP contribution is 2.31. The average molecular weight is 357 g/mol. The van der Waals surface area contributed by atoms with Crippen molar-refractivity contribution >= 4 is 5.91 Å². The van der Waals surface area contributed by atoms with Gasteiger partial charge < -0.3 is 14.5 Å². The Morgan fingerprint density at radius 2 is 2.08 bits per heavy atom. The summed E-state index contributed by atoms with van der Waals surface area (Å²) in [5.41, 5.74) is 4.11. The first kappa shape index (κ1) is 18.5. The van der Waals surface area contributed by atoms with Crippen LogP contribution < -0.4 is 10.1 Å². The van der Waals surface area contributed by atoms with Crippen LogP contribution in [0.3, 0.4) is 0 Å². The molecule has 1 atom stereocenters. The number of hydrogen-bond acceptors (Lipinski definition) is 5. The van der Waals surface area contributed by atoms with Crippen LogP contribution in [0.15, 0.2) is 16.5 Å². The first-order valence-electron chi connectivity index (χ1n) is 9.02. The summed E-state index contributed by atoms with van der Waals surface area (Å²) in [6, 6.07) is 4.21. The zero-order valence-corrected chi connectivity index (χ0v) is 16.2. The second-order valence-electron chi connectivity index (χ2n) is 6.96. The lowest BCUT2D eigenvalue weighted by atomic mass is 10.0. The number of hydrogen-bond donors (Lipinski definition) is 1. The third-order valence-corrected chi connectivity index (χ3v) is 5.28. The molecule has 0 bridgehead atoms. The molecule has 1 aliphatic rings. The summed E-state index contributed by atoms with van der Waals surface area (Å²) >= 11 is 0. The quantitative estimate of drug-likeness (QED) is 0.911. The topological polar surface area (TPSA) is 67.6 Å². The minimum Gasteiger partial charge on any atom is -0.496 e. The van der Waals surface area contributed by atoms with Crippen molar-refractivity contribution in [3.63, 3.8) is 0 Å². The molecule has 1 aliphatic heterocycles. The van der Waals surface area contributed by atoms with E-state index in [1.54, 1.807) is 7.11 Å². The van der Waals surface area contributed by atoms with Crippen molar-refractivity contribution in [1.29, 1.82) is 0 Å². The molecule has 6 nitrogen and oxygen atoms in total. The maximum absolute atomic E-state index is 11.6. The summed E-state index contributed by atoms with van der Waals surface area (Å²) < 4.78 is 11.4. The van der Waals surface area contributed by atoms with Crippen molar-refractivity contribution in [2.24, 2.45) is 0 Å². The highest BCUT2D eigenvalue weighted by Gasteiger charge is 2.23. The summed E-state index contributed by atoms with van der Waals surface area (Å²) in [6.45, 7) is 10.2. The number of benzene rings is 1. The molecule has 0 radical (unpaired) electrons. The highest BCUT2D eigenvalue weighted by atomic mass is 16.5. The minimum absolute atomic E-state index is 0.112. The highest BCUT2D eigenvalue weighted by molar-refractivity contribution is 5.76. The smallest absolute Gasteiger partial charge is 0.226 e. The number of nitrogens with one attached hydrogen (secondary N) is 1. The molecule has 1 aromatic carbocycles. The van der Waals surface area contributed by atoms with E-state index in [1.807, 2.05) is 26.0 Å². The van der Waals surface area contributed by atoms with Crippen molar-refractivity contribution < 1.29 is 13.9 Å². The number of carbonyl (C=O) groups excluding carboxylic acids is 1. The zero-order valence-electron chi connectivity index (χ0n) is 16.2. The fraction of sp³-hybridized carbons (Fsp3) is 0.500. The SMILES string of the molecule is COc1ccc(-c2nc(CN3CCC(=O)NC[C@@H]3C)c(C)o2)c(C)c1C. The van der Waals surface area contributed by atoms with Gasteiger partial charge in [-0.25, -0.2) is 4.98 Å². The second-order valence-corrected chi connectivity index (χ2v) is 6.96. The van der Waals surface area contributed by atoms with Gasteiger partial charge in [0.1, 0.15) is 11.5 Å². The lowest BCUT2D eigenvalue weighted by Gasteiger charge is -2.25. The molecule has 1 fully saturated rings. The van der Waals surface area contributed by atoms with E-state index in [0.717, 1.165) is 40.4 Å². The second kappa shape index (κ2) is 7.50. The number of carbonyl (C=O) groups is 1. The van der Waals surface area contributed by atoms with Crippen LogP contribution >= 0.6 is 0 Å². The van der Waals surface area contributed by atoms with E-state index in [1.165, 1.54) is 0 Å². The summed E-state index contributed by atoms with van der Waals surface area (Å²) in [4.78, 5) is 18.7. The number of methoxy groups -OCH3 is 1. The number of aryl methyl sites for hydroxylation is 1. The fourth-order valence-corrected chi connectivity index (χ4v) is 3.31. The van der Waals surface area contributed by atoms with E-state index in [2.05, 4.69) is 24.1 Å². The molecule has 1 N–H and O–H groups in total. The number of nitrogens with zero attached hydrogens (tertiary/aromatic N) is 2. The van der Waals surface area contributed by atoms with Crippen LogP contribution in [0, 0.1) is 20.8 Å². The predicted octanol–water partition coefficient (Wildman–Crippen LogP) is 2.99. The number of amides is 1. The Balaban J connectivity index is 1.86. The lowest BCUT2D eigenvalue weighted by Crippen LogP contribution is -2.37. The molecule has 0 unspecified atom stereocenters. The normalized spacial score (nSPS) is 18.5. The monoisotopic (exact) mass is 357 g/mol. The van der Waals surface area contributed by atoms with Gasteiger partial charge in [-0.2, -0.15) is 0 Å². The third-order valence-electron chi connectivity index (χ3n) is 5.28. The molecule has 2 aromatic rings. The Hall–Kier alpha value is -2.34. The van der Waals surface area contributed by atoms with Gasteiger partial charge in [-0.05, 0) is 51.0 Å². The van der Waals surface area contributed by atoms with Crippen LogP contribution in [0.4, 0.5) is 0 Å². The van der Waals surface area contributed by atoms with Gasteiger partial charge in [0.25, 0.3) is 0 Å². The molecular weight excluding hydrogens is 330 g/mol.